The summed E-state index contributed by atoms with van der Waals surface area (Å²) in [5.41, 5.74) is 13.7. The zero-order valence-corrected chi connectivity index (χ0v) is 23.7. The van der Waals surface area contributed by atoms with Gasteiger partial charge in [0.25, 0.3) is 0 Å². The lowest BCUT2D eigenvalue weighted by Gasteiger charge is -2.42. The van der Waals surface area contributed by atoms with Gasteiger partial charge in [0.1, 0.15) is 5.82 Å². The smallest absolute Gasteiger partial charge is 0.190 e. The van der Waals surface area contributed by atoms with Gasteiger partial charge in [0.05, 0.1) is 24.2 Å². The molecule has 2 N–H and O–H groups in total. The Labute approximate surface area is 245 Å². The molecule has 1 aromatic carbocycles. The van der Waals surface area contributed by atoms with Crippen molar-refractivity contribution in [1.29, 1.82) is 0 Å². The van der Waals surface area contributed by atoms with Crippen molar-refractivity contribution in [2.45, 2.75) is 63.6 Å². The van der Waals surface area contributed by atoms with E-state index < -0.39 is 0 Å². The van der Waals surface area contributed by atoms with E-state index in [1.807, 2.05) is 35.3 Å². The van der Waals surface area contributed by atoms with Crippen molar-refractivity contribution in [3.05, 3.63) is 71.0 Å². The molecule has 8 rings (SSSR count). The lowest BCUT2D eigenvalue weighted by Crippen LogP contribution is -2.44. The van der Waals surface area contributed by atoms with Gasteiger partial charge in [-0.15, -0.1) is 5.10 Å². The number of pyridine rings is 1. The first-order valence-electron chi connectivity index (χ1n) is 15.2. The molecule has 3 aliphatic heterocycles. The number of hydrogen-bond donors (Lipinski definition) is 1. The van der Waals surface area contributed by atoms with Crippen LogP contribution in [-0.2, 0) is 17.6 Å². The highest BCUT2D eigenvalue weighted by molar-refractivity contribution is 5.88. The van der Waals surface area contributed by atoms with Crippen LogP contribution in [0.2, 0.25) is 0 Å². The van der Waals surface area contributed by atoms with Gasteiger partial charge in [-0.1, -0.05) is 18.2 Å². The lowest BCUT2D eigenvalue weighted by atomic mass is 9.73. The first kappa shape index (κ1) is 25.6. The molecule has 10 heteroatoms. The highest BCUT2D eigenvalue weighted by atomic mass is 16.5. The van der Waals surface area contributed by atoms with Crippen LogP contribution in [0.1, 0.15) is 67.6 Å². The number of nitrogens with two attached hydrogens (primary N) is 1. The number of piperidine rings is 1. The molecule has 0 amide bonds. The number of rotatable bonds is 3. The lowest BCUT2D eigenvalue weighted by molar-refractivity contribution is -0.0368. The summed E-state index contributed by atoms with van der Waals surface area (Å²) in [7, 11) is 0. The minimum absolute atomic E-state index is 0.0161. The average Bonchev–Trinajstić information content (AvgIpc) is 3.56. The molecule has 42 heavy (non-hydrogen) atoms. The van der Waals surface area contributed by atoms with Gasteiger partial charge in [-0.25, -0.2) is 19.5 Å². The molecule has 1 spiro atoms. The van der Waals surface area contributed by atoms with Crippen LogP contribution in [0.5, 0.6) is 0 Å². The molecule has 2 fully saturated rings. The van der Waals surface area contributed by atoms with E-state index in [1.54, 1.807) is 0 Å². The van der Waals surface area contributed by atoms with E-state index in [2.05, 4.69) is 31.8 Å². The van der Waals surface area contributed by atoms with Gasteiger partial charge >= 0.3 is 0 Å². The van der Waals surface area contributed by atoms with Crippen molar-refractivity contribution in [2.24, 2.45) is 11.1 Å². The second kappa shape index (κ2) is 10.0. The summed E-state index contributed by atoms with van der Waals surface area (Å²) in [5.74, 6) is 1.70. The third-order valence-corrected chi connectivity index (χ3v) is 9.92. The molecule has 10 nitrogen and oxygen atoms in total. The van der Waals surface area contributed by atoms with Gasteiger partial charge in [-0.2, -0.15) is 0 Å². The van der Waals surface area contributed by atoms with E-state index in [0.717, 1.165) is 129 Å². The van der Waals surface area contributed by atoms with Gasteiger partial charge in [0.15, 0.2) is 28.9 Å². The molecular formula is C32H35N9O. The number of aryl methyl sites for hydroxylation is 1. The van der Waals surface area contributed by atoms with Gasteiger partial charge in [0, 0.05) is 38.5 Å². The molecule has 0 saturated carbocycles. The largest absolute Gasteiger partial charge is 0.356 e. The number of anilines is 3. The summed E-state index contributed by atoms with van der Waals surface area (Å²) in [6, 6.07) is 10.1. The normalized spacial score (nSPS) is 23.1. The van der Waals surface area contributed by atoms with Gasteiger partial charge in [0.2, 0.25) is 0 Å². The van der Waals surface area contributed by atoms with Crippen LogP contribution < -0.4 is 15.5 Å². The van der Waals surface area contributed by atoms with Crippen LogP contribution in [-0.4, -0.2) is 51.0 Å². The van der Waals surface area contributed by atoms with Crippen LogP contribution in [0.15, 0.2) is 42.7 Å². The fourth-order valence-corrected chi connectivity index (χ4v) is 7.59. The molecule has 6 heterocycles. The summed E-state index contributed by atoms with van der Waals surface area (Å²) >= 11 is 0. The highest BCUT2D eigenvalue weighted by Gasteiger charge is 2.46. The Kier molecular flexibility index (Phi) is 6.12. The SMILES string of the molecule is [C-]#[N+]c1cccc2c1CC1(CCN(c3cnc4c(N5CCCc6ncccc65)nn(C5CCCCO5)c4n3)CC1)C2N. The topological polar surface area (TPSA) is 103 Å². The molecule has 0 radical (unpaired) electrons. The fourth-order valence-electron chi connectivity index (χ4n) is 7.59. The van der Waals surface area contributed by atoms with Gasteiger partial charge < -0.3 is 20.3 Å². The van der Waals surface area contributed by atoms with E-state index in [0.29, 0.717) is 0 Å². The molecule has 4 aromatic rings. The maximum absolute atomic E-state index is 7.62. The Bertz CT molecular complexity index is 1690. The van der Waals surface area contributed by atoms with Crippen molar-refractivity contribution < 1.29 is 4.74 Å². The van der Waals surface area contributed by atoms with Crippen LogP contribution in [0, 0.1) is 12.0 Å². The van der Waals surface area contributed by atoms with Crippen molar-refractivity contribution in [3.8, 4) is 0 Å². The third kappa shape index (κ3) is 3.98. The van der Waals surface area contributed by atoms with Crippen LogP contribution >= 0.6 is 0 Å². The number of benzene rings is 1. The molecule has 4 aliphatic rings. The zero-order valence-electron chi connectivity index (χ0n) is 23.7. The number of aromatic nitrogens is 5. The summed E-state index contributed by atoms with van der Waals surface area (Å²) in [4.78, 5) is 23.2. The van der Waals surface area contributed by atoms with Gasteiger partial charge in [-0.3, -0.25) is 4.98 Å². The number of ether oxygens (including phenoxy) is 1. The third-order valence-electron chi connectivity index (χ3n) is 9.92. The average molecular weight is 562 g/mol. The quantitative estimate of drug-likeness (QED) is 0.332. The Morgan fingerprint density at radius 2 is 1.95 bits per heavy atom. The Morgan fingerprint density at radius 1 is 1.05 bits per heavy atom. The minimum Gasteiger partial charge on any atom is -0.356 e. The fraction of sp³-hybridized carbons (Fsp3) is 0.469. The molecule has 2 unspecified atom stereocenters. The molecule has 214 valence electrons. The summed E-state index contributed by atoms with van der Waals surface area (Å²) < 4.78 is 8.18. The number of nitrogens with zero attached hydrogens (tertiary/aromatic N) is 8. The molecule has 2 atom stereocenters. The predicted molar refractivity (Wildman–Crippen MR) is 161 cm³/mol. The zero-order chi connectivity index (χ0) is 28.3. The summed E-state index contributed by atoms with van der Waals surface area (Å²) in [5, 5.41) is 5.13. The van der Waals surface area contributed by atoms with E-state index >= 15 is 0 Å². The summed E-state index contributed by atoms with van der Waals surface area (Å²) in [6.45, 7) is 10.9. The monoisotopic (exact) mass is 561 g/mol. The molecule has 2 saturated heterocycles. The maximum atomic E-state index is 7.62. The van der Waals surface area contributed by atoms with E-state index in [4.69, 9.17) is 32.1 Å². The standard InChI is InChI=1S/C32H35N9O/c1-34-23-8-4-7-21-22(23)19-32(29(21)33)12-16-39(17-13-32)26-20-36-28-30(37-26)41(27-11-2-3-18-42-27)38-31(28)40-15-6-9-24-25(40)10-5-14-35-24/h4-5,7-8,10,14,20,27,29H,2-3,6,9,11-13,15-19,33H2. The molecule has 0 bridgehead atoms. The van der Waals surface area contributed by atoms with E-state index in [9.17, 15) is 0 Å². The number of hydrogen-bond acceptors (Lipinski definition) is 8. The van der Waals surface area contributed by atoms with Crippen LogP contribution in [0.4, 0.5) is 23.0 Å². The van der Waals surface area contributed by atoms with Crippen LogP contribution in [0.25, 0.3) is 16.0 Å². The van der Waals surface area contributed by atoms with Crippen LogP contribution in [0.3, 0.4) is 0 Å². The first-order chi connectivity index (χ1) is 20.6. The van der Waals surface area contributed by atoms with Crippen molar-refractivity contribution in [2.75, 3.05) is 36.0 Å². The minimum atomic E-state index is -0.144. The summed E-state index contributed by atoms with van der Waals surface area (Å²) in [6.07, 6.45) is 11.5. The molecule has 1 aliphatic carbocycles. The van der Waals surface area contributed by atoms with Crippen molar-refractivity contribution in [1.82, 2.24) is 24.7 Å². The second-order valence-electron chi connectivity index (χ2n) is 12.2. The number of fused-ring (bicyclic) bond motifs is 3. The first-order valence-corrected chi connectivity index (χ1v) is 15.2. The molecule has 3 aromatic heterocycles. The van der Waals surface area contributed by atoms with Crippen molar-refractivity contribution >= 4 is 34.2 Å². The predicted octanol–water partition coefficient (Wildman–Crippen LogP) is 5.40. The molecular weight excluding hydrogens is 526 g/mol. The Balaban J connectivity index is 1.12. The highest BCUT2D eigenvalue weighted by Crippen LogP contribution is 2.53. The maximum Gasteiger partial charge on any atom is 0.190 e. The van der Waals surface area contributed by atoms with Crippen molar-refractivity contribution in [3.63, 3.8) is 0 Å². The van der Waals surface area contributed by atoms with E-state index in [1.165, 1.54) is 0 Å². The Morgan fingerprint density at radius 3 is 2.79 bits per heavy atom. The van der Waals surface area contributed by atoms with E-state index in [-0.39, 0.29) is 17.7 Å². The van der Waals surface area contributed by atoms with Gasteiger partial charge in [-0.05, 0) is 80.0 Å². The Hall–Kier alpha value is -4.07. The second-order valence-corrected chi connectivity index (χ2v) is 12.2.